The van der Waals surface area contributed by atoms with Crippen molar-refractivity contribution in [2.45, 2.75) is 6.92 Å². The van der Waals surface area contributed by atoms with E-state index in [2.05, 4.69) is 0 Å². The molecule has 0 radical (unpaired) electrons. The van der Waals surface area contributed by atoms with Crippen molar-refractivity contribution in [2.24, 2.45) is 0 Å². The first-order valence-corrected chi connectivity index (χ1v) is 7.03. The number of furan rings is 1. The molecule has 5 heteroatoms. The average Bonchev–Trinajstić information content (AvgIpc) is 2.87. The Labute approximate surface area is 130 Å². The fraction of sp³-hybridized carbons (Fsp3) is 0.0556. The molecule has 0 atom stereocenters. The van der Waals surface area contributed by atoms with Crippen LogP contribution in [-0.4, -0.2) is 10.2 Å². The van der Waals surface area contributed by atoms with Gasteiger partial charge in [0.05, 0.1) is 5.56 Å². The Kier molecular flexibility index (Phi) is 2.72. The second kappa shape index (κ2) is 4.64. The van der Waals surface area contributed by atoms with E-state index in [1.165, 1.54) is 6.07 Å². The van der Waals surface area contributed by atoms with Gasteiger partial charge in [0.15, 0.2) is 11.5 Å². The molecule has 0 saturated heterocycles. The van der Waals surface area contributed by atoms with Crippen molar-refractivity contribution in [2.75, 3.05) is 0 Å². The predicted molar refractivity (Wildman–Crippen MR) is 85.8 cm³/mol. The standard InChI is InChI=1S/C18H12O5/c1-9-7-13-15(18(21)22-9)11-8-12(19)16(20)14(17(11)23-13)10-5-3-2-4-6-10/h2-8,19-20H,1H3. The van der Waals surface area contributed by atoms with E-state index in [0.717, 1.165) is 0 Å². The molecule has 2 aromatic carbocycles. The molecule has 2 aromatic heterocycles. The summed E-state index contributed by atoms with van der Waals surface area (Å²) in [6.07, 6.45) is 0. The lowest BCUT2D eigenvalue weighted by Gasteiger charge is -2.07. The van der Waals surface area contributed by atoms with Crippen LogP contribution in [0.3, 0.4) is 0 Å². The summed E-state index contributed by atoms with van der Waals surface area (Å²) in [5.41, 5.74) is 1.16. The lowest BCUT2D eigenvalue weighted by atomic mass is 10.0. The maximum absolute atomic E-state index is 12.1. The Morgan fingerprint density at radius 3 is 2.48 bits per heavy atom. The number of hydrogen-bond acceptors (Lipinski definition) is 5. The van der Waals surface area contributed by atoms with Crippen LogP contribution < -0.4 is 5.63 Å². The molecule has 0 aliphatic heterocycles. The molecule has 0 aliphatic rings. The third kappa shape index (κ3) is 1.90. The average molecular weight is 308 g/mol. The molecule has 4 aromatic rings. The second-order valence-corrected chi connectivity index (χ2v) is 5.35. The normalized spacial score (nSPS) is 11.3. The van der Waals surface area contributed by atoms with Gasteiger partial charge in [0, 0.05) is 11.5 Å². The molecule has 2 heterocycles. The minimum atomic E-state index is -0.539. The highest BCUT2D eigenvalue weighted by atomic mass is 16.4. The number of aryl methyl sites for hydroxylation is 1. The highest BCUT2D eigenvalue weighted by Crippen LogP contribution is 2.45. The van der Waals surface area contributed by atoms with Gasteiger partial charge in [0.25, 0.3) is 0 Å². The zero-order chi connectivity index (χ0) is 16.1. The summed E-state index contributed by atoms with van der Waals surface area (Å²) >= 11 is 0. The first kappa shape index (κ1) is 13.5. The summed E-state index contributed by atoms with van der Waals surface area (Å²) in [7, 11) is 0. The van der Waals surface area contributed by atoms with E-state index in [4.69, 9.17) is 8.83 Å². The van der Waals surface area contributed by atoms with Crippen LogP contribution in [0, 0.1) is 6.92 Å². The van der Waals surface area contributed by atoms with Gasteiger partial charge in [-0.3, -0.25) is 0 Å². The van der Waals surface area contributed by atoms with Crippen molar-refractivity contribution >= 4 is 21.9 Å². The molecule has 0 amide bonds. The molecule has 114 valence electrons. The fourth-order valence-electron chi connectivity index (χ4n) is 2.82. The van der Waals surface area contributed by atoms with Crippen LogP contribution in [-0.2, 0) is 0 Å². The third-order valence-corrected chi connectivity index (χ3v) is 3.81. The predicted octanol–water partition coefficient (Wildman–Crippen LogP) is 3.93. The SMILES string of the molecule is Cc1cc2oc3c(-c4ccccc4)c(O)c(O)cc3c2c(=O)o1. The smallest absolute Gasteiger partial charge is 0.347 e. The molecule has 4 rings (SSSR count). The van der Waals surface area contributed by atoms with Gasteiger partial charge >= 0.3 is 5.63 Å². The molecule has 0 fully saturated rings. The summed E-state index contributed by atoms with van der Waals surface area (Å²) in [5, 5.41) is 21.0. The summed E-state index contributed by atoms with van der Waals surface area (Å²) in [4.78, 5) is 12.1. The van der Waals surface area contributed by atoms with Crippen LogP contribution in [0.25, 0.3) is 33.1 Å². The monoisotopic (exact) mass is 308 g/mol. The van der Waals surface area contributed by atoms with Crippen LogP contribution in [0.4, 0.5) is 0 Å². The summed E-state index contributed by atoms with van der Waals surface area (Å²) in [6.45, 7) is 1.65. The van der Waals surface area contributed by atoms with Gasteiger partial charge in [-0.1, -0.05) is 30.3 Å². The van der Waals surface area contributed by atoms with Gasteiger partial charge in [-0.25, -0.2) is 4.79 Å². The summed E-state index contributed by atoms with van der Waals surface area (Å²) in [5.74, 6) is -0.181. The fourth-order valence-corrected chi connectivity index (χ4v) is 2.82. The van der Waals surface area contributed by atoms with Gasteiger partial charge in [0.1, 0.15) is 22.3 Å². The zero-order valence-electron chi connectivity index (χ0n) is 12.2. The van der Waals surface area contributed by atoms with E-state index in [1.807, 2.05) is 18.2 Å². The number of aromatic hydroxyl groups is 2. The van der Waals surface area contributed by atoms with Crippen molar-refractivity contribution in [3.05, 3.63) is 58.6 Å². The van der Waals surface area contributed by atoms with Gasteiger partial charge in [-0.2, -0.15) is 0 Å². The lowest BCUT2D eigenvalue weighted by molar-refractivity contribution is 0.405. The molecular weight excluding hydrogens is 296 g/mol. The Morgan fingerprint density at radius 2 is 1.74 bits per heavy atom. The largest absolute Gasteiger partial charge is 0.504 e. The summed E-state index contributed by atoms with van der Waals surface area (Å²) < 4.78 is 10.9. The molecule has 0 saturated carbocycles. The number of phenols is 2. The Morgan fingerprint density at radius 1 is 1.00 bits per heavy atom. The van der Waals surface area contributed by atoms with Crippen LogP contribution in [0.1, 0.15) is 5.76 Å². The molecule has 5 nitrogen and oxygen atoms in total. The molecule has 0 aliphatic carbocycles. The number of fused-ring (bicyclic) bond motifs is 3. The number of hydrogen-bond donors (Lipinski definition) is 2. The van der Waals surface area contributed by atoms with E-state index in [1.54, 1.807) is 25.1 Å². The minimum Gasteiger partial charge on any atom is -0.504 e. The van der Waals surface area contributed by atoms with Gasteiger partial charge in [-0.05, 0) is 18.6 Å². The van der Waals surface area contributed by atoms with Crippen molar-refractivity contribution in [3.8, 4) is 22.6 Å². The van der Waals surface area contributed by atoms with Crippen molar-refractivity contribution in [3.63, 3.8) is 0 Å². The lowest BCUT2D eigenvalue weighted by Crippen LogP contribution is -1.98. The van der Waals surface area contributed by atoms with Gasteiger partial charge < -0.3 is 19.0 Å². The minimum absolute atomic E-state index is 0.248. The molecule has 0 spiro atoms. The number of benzene rings is 2. The zero-order valence-corrected chi connectivity index (χ0v) is 12.2. The molecule has 2 N–H and O–H groups in total. The number of rotatable bonds is 1. The highest BCUT2D eigenvalue weighted by molar-refractivity contribution is 6.11. The second-order valence-electron chi connectivity index (χ2n) is 5.35. The van der Waals surface area contributed by atoms with E-state index >= 15 is 0 Å². The third-order valence-electron chi connectivity index (χ3n) is 3.81. The maximum atomic E-state index is 12.1. The van der Waals surface area contributed by atoms with Gasteiger partial charge in [-0.15, -0.1) is 0 Å². The van der Waals surface area contributed by atoms with E-state index in [9.17, 15) is 15.0 Å². The van der Waals surface area contributed by atoms with E-state index in [-0.39, 0.29) is 16.9 Å². The first-order valence-electron chi connectivity index (χ1n) is 7.03. The van der Waals surface area contributed by atoms with E-state index < -0.39 is 5.63 Å². The number of phenolic OH excluding ortho intramolecular Hbond substituents is 2. The topological polar surface area (TPSA) is 83.8 Å². The molecule has 23 heavy (non-hydrogen) atoms. The molecule has 0 bridgehead atoms. The quantitative estimate of drug-likeness (QED) is 0.521. The Balaban J connectivity index is 2.24. The highest BCUT2D eigenvalue weighted by Gasteiger charge is 2.21. The van der Waals surface area contributed by atoms with E-state index in [0.29, 0.717) is 33.4 Å². The first-order chi connectivity index (χ1) is 11.1. The summed E-state index contributed by atoms with van der Waals surface area (Å²) in [6, 6.07) is 12.0. The van der Waals surface area contributed by atoms with Crippen molar-refractivity contribution in [1.82, 2.24) is 0 Å². The van der Waals surface area contributed by atoms with Gasteiger partial charge in [0.2, 0.25) is 0 Å². The Bertz CT molecular complexity index is 1100. The maximum Gasteiger partial charge on any atom is 0.347 e. The molecule has 0 unspecified atom stereocenters. The Hall–Kier alpha value is -3.21. The van der Waals surface area contributed by atoms with Crippen LogP contribution in [0.2, 0.25) is 0 Å². The van der Waals surface area contributed by atoms with Crippen LogP contribution in [0.5, 0.6) is 11.5 Å². The van der Waals surface area contributed by atoms with Crippen LogP contribution >= 0.6 is 0 Å². The van der Waals surface area contributed by atoms with Crippen molar-refractivity contribution < 1.29 is 19.0 Å². The molecular formula is C18H12O5. The van der Waals surface area contributed by atoms with Crippen molar-refractivity contribution in [1.29, 1.82) is 0 Å². The van der Waals surface area contributed by atoms with Crippen LogP contribution in [0.15, 0.2) is 56.1 Å².